The molecule has 2 aliphatic heterocycles. The molecule has 280 valence electrons. The Kier molecular flexibility index (Phi) is 11.2. The molecule has 5 atom stereocenters. The van der Waals surface area contributed by atoms with Crippen LogP contribution >= 0.6 is 0 Å². The van der Waals surface area contributed by atoms with E-state index in [0.717, 1.165) is 0 Å². The van der Waals surface area contributed by atoms with E-state index in [1.165, 1.54) is 31.3 Å². The second-order valence-corrected chi connectivity index (χ2v) is 16.1. The van der Waals surface area contributed by atoms with Gasteiger partial charge in [0.05, 0.1) is 32.6 Å². The normalized spacial score (nSPS) is 27.7. The maximum Gasteiger partial charge on any atom is 0.408 e. The maximum atomic E-state index is 14.2. The number of methoxy groups -OCH3 is 2. The predicted molar refractivity (Wildman–Crippen MR) is 180 cm³/mol. The van der Waals surface area contributed by atoms with Crippen LogP contribution in [0.25, 0.3) is 0 Å². The van der Waals surface area contributed by atoms with Crippen molar-refractivity contribution in [3.8, 4) is 11.5 Å². The Bertz CT molecular complexity index is 1670. The summed E-state index contributed by atoms with van der Waals surface area (Å²) < 4.78 is 55.0. The minimum atomic E-state index is -3.94. The van der Waals surface area contributed by atoms with Crippen LogP contribution in [-0.2, 0) is 38.6 Å². The highest BCUT2D eigenvalue weighted by molar-refractivity contribution is 7.91. The van der Waals surface area contributed by atoms with Crippen molar-refractivity contribution in [2.45, 2.75) is 93.9 Å². The fraction of sp³-hybridized carbons (Fsp3) is 0.618. The zero-order valence-electron chi connectivity index (χ0n) is 29.4. The first kappa shape index (κ1) is 37.9. The van der Waals surface area contributed by atoms with Crippen molar-refractivity contribution in [3.05, 3.63) is 35.9 Å². The number of carbonyl (C=O) groups is 5. The molecule has 4 aliphatic rings. The molecule has 5 rings (SSSR count). The van der Waals surface area contributed by atoms with Crippen molar-refractivity contribution >= 4 is 39.8 Å². The van der Waals surface area contributed by atoms with Crippen LogP contribution in [0.3, 0.4) is 0 Å². The van der Waals surface area contributed by atoms with Crippen molar-refractivity contribution in [2.24, 2.45) is 5.92 Å². The molecule has 51 heavy (non-hydrogen) atoms. The van der Waals surface area contributed by atoms with Crippen LogP contribution < -0.4 is 24.8 Å². The average molecular weight is 735 g/mol. The van der Waals surface area contributed by atoms with Gasteiger partial charge in [0.2, 0.25) is 21.8 Å². The SMILES string of the molecule is COc1ccc(C(=O)O[C@@H]2CC3C(=O)NC4(C(=O)NS(=O)(=O)C5CC5)CC4/C=C\COCCC[C@@H](NC(=O)OC(C)(C)C)C(=O)N3C2)c(OC)c1. The van der Waals surface area contributed by atoms with E-state index in [0.29, 0.717) is 25.0 Å². The Hall–Kier alpha value is -4.38. The van der Waals surface area contributed by atoms with Crippen LogP contribution in [0, 0.1) is 5.92 Å². The number of fused-ring (bicyclic) bond motifs is 2. The van der Waals surface area contributed by atoms with Crippen LogP contribution in [0.1, 0.15) is 69.7 Å². The van der Waals surface area contributed by atoms with Crippen molar-refractivity contribution in [1.82, 2.24) is 20.3 Å². The highest BCUT2D eigenvalue weighted by atomic mass is 32.2. The van der Waals surface area contributed by atoms with Gasteiger partial charge < -0.3 is 39.2 Å². The third kappa shape index (κ3) is 9.11. The summed E-state index contributed by atoms with van der Waals surface area (Å²) in [6.07, 6.45) is 2.88. The van der Waals surface area contributed by atoms with Crippen molar-refractivity contribution in [1.29, 1.82) is 0 Å². The largest absolute Gasteiger partial charge is 0.497 e. The molecule has 1 saturated heterocycles. The van der Waals surface area contributed by atoms with Gasteiger partial charge >= 0.3 is 12.1 Å². The lowest BCUT2D eigenvalue weighted by Gasteiger charge is -2.30. The number of nitrogens with zero attached hydrogens (tertiary/aromatic N) is 1. The number of hydrogen-bond donors (Lipinski definition) is 3. The van der Waals surface area contributed by atoms with Gasteiger partial charge in [-0.25, -0.2) is 18.0 Å². The predicted octanol–water partition coefficient (Wildman–Crippen LogP) is 1.57. The Morgan fingerprint density at radius 3 is 2.49 bits per heavy atom. The van der Waals surface area contributed by atoms with Gasteiger partial charge in [-0.1, -0.05) is 12.2 Å². The molecular formula is C34H46N4O12S. The van der Waals surface area contributed by atoms with E-state index in [1.54, 1.807) is 39.0 Å². The Morgan fingerprint density at radius 1 is 1.08 bits per heavy atom. The highest BCUT2D eigenvalue weighted by Crippen LogP contribution is 2.46. The zero-order chi connectivity index (χ0) is 37.1. The number of sulfonamides is 1. The average Bonchev–Trinajstić information content (AvgIpc) is 3.99. The third-order valence-corrected chi connectivity index (χ3v) is 10.9. The lowest BCUT2D eigenvalue weighted by atomic mass is 10.1. The van der Waals surface area contributed by atoms with Gasteiger partial charge in [0.15, 0.2) is 0 Å². The van der Waals surface area contributed by atoms with Crippen LogP contribution in [0.2, 0.25) is 0 Å². The van der Waals surface area contributed by atoms with Crippen LogP contribution in [0.4, 0.5) is 4.79 Å². The van der Waals surface area contributed by atoms with Gasteiger partial charge in [-0.2, -0.15) is 0 Å². The summed E-state index contributed by atoms with van der Waals surface area (Å²) in [4.78, 5) is 69.4. The van der Waals surface area contributed by atoms with E-state index in [-0.39, 0.29) is 50.3 Å². The molecule has 3 unspecified atom stereocenters. The molecule has 4 amide bonds. The van der Waals surface area contributed by atoms with E-state index in [2.05, 4.69) is 15.4 Å². The lowest BCUT2D eigenvalue weighted by Crippen LogP contribution is -2.58. The molecule has 0 spiro atoms. The summed E-state index contributed by atoms with van der Waals surface area (Å²) in [5, 5.41) is 4.69. The number of amides is 4. The Morgan fingerprint density at radius 2 is 1.82 bits per heavy atom. The van der Waals surface area contributed by atoms with E-state index in [1.807, 2.05) is 0 Å². The number of ether oxygens (including phenoxy) is 5. The summed E-state index contributed by atoms with van der Waals surface area (Å²) in [7, 11) is -1.09. The maximum absolute atomic E-state index is 14.2. The first-order chi connectivity index (χ1) is 24.1. The van der Waals surface area contributed by atoms with E-state index in [4.69, 9.17) is 23.7 Å². The molecule has 16 nitrogen and oxygen atoms in total. The lowest BCUT2D eigenvalue weighted by molar-refractivity contribution is -0.141. The molecule has 2 saturated carbocycles. The van der Waals surface area contributed by atoms with E-state index < -0.39 is 80.3 Å². The third-order valence-electron chi connectivity index (χ3n) is 9.07. The number of carbonyl (C=O) groups excluding carboxylic acids is 5. The molecule has 1 aromatic rings. The van der Waals surface area contributed by atoms with Gasteiger partial charge in [0.25, 0.3) is 5.91 Å². The summed E-state index contributed by atoms with van der Waals surface area (Å²) in [5.41, 5.74) is -2.38. The van der Waals surface area contributed by atoms with Gasteiger partial charge in [-0.15, -0.1) is 0 Å². The minimum absolute atomic E-state index is 0.0862. The second kappa shape index (κ2) is 15.1. The minimum Gasteiger partial charge on any atom is -0.497 e. The quantitative estimate of drug-likeness (QED) is 0.257. The summed E-state index contributed by atoms with van der Waals surface area (Å²) in [5.74, 6) is -2.96. The topological polar surface area (TPSA) is 205 Å². The zero-order valence-corrected chi connectivity index (χ0v) is 30.2. The van der Waals surface area contributed by atoms with Crippen LogP contribution in [-0.4, -0.2) is 112 Å². The summed E-state index contributed by atoms with van der Waals surface area (Å²) >= 11 is 0. The monoisotopic (exact) mass is 734 g/mol. The molecule has 1 aromatic carbocycles. The molecule has 3 N–H and O–H groups in total. The first-order valence-electron chi connectivity index (χ1n) is 16.9. The van der Waals surface area contributed by atoms with Crippen LogP contribution in [0.5, 0.6) is 11.5 Å². The molecule has 17 heteroatoms. The van der Waals surface area contributed by atoms with E-state index in [9.17, 15) is 32.4 Å². The van der Waals surface area contributed by atoms with Gasteiger partial charge in [-0.05, 0) is 65.0 Å². The molecule has 0 aromatic heterocycles. The number of benzene rings is 1. The second-order valence-electron chi connectivity index (χ2n) is 14.1. The molecule has 2 aliphatic carbocycles. The molecular weight excluding hydrogens is 688 g/mol. The molecule has 0 radical (unpaired) electrons. The van der Waals surface area contributed by atoms with Gasteiger partial charge in [-0.3, -0.25) is 19.1 Å². The van der Waals surface area contributed by atoms with Crippen molar-refractivity contribution in [2.75, 3.05) is 34.0 Å². The highest BCUT2D eigenvalue weighted by Gasteiger charge is 2.62. The molecule has 2 heterocycles. The summed E-state index contributed by atoms with van der Waals surface area (Å²) in [6.45, 7) is 5.21. The van der Waals surface area contributed by atoms with E-state index >= 15 is 0 Å². The Labute approximate surface area is 296 Å². The number of esters is 1. The van der Waals surface area contributed by atoms with Crippen molar-refractivity contribution in [3.63, 3.8) is 0 Å². The smallest absolute Gasteiger partial charge is 0.408 e. The van der Waals surface area contributed by atoms with Gasteiger partial charge in [0, 0.05) is 25.0 Å². The number of rotatable bonds is 8. The first-order valence-corrected chi connectivity index (χ1v) is 18.5. The van der Waals surface area contributed by atoms with Crippen molar-refractivity contribution < 1.29 is 56.1 Å². The fourth-order valence-corrected chi connectivity index (χ4v) is 7.56. The fourth-order valence-electron chi connectivity index (χ4n) is 6.19. The van der Waals surface area contributed by atoms with Crippen LogP contribution in [0.15, 0.2) is 30.4 Å². The van der Waals surface area contributed by atoms with Gasteiger partial charge in [0.1, 0.15) is 46.4 Å². The number of nitrogens with one attached hydrogen (secondary N) is 3. The summed E-state index contributed by atoms with van der Waals surface area (Å²) in [6, 6.07) is 2.13. The molecule has 3 fully saturated rings. The number of alkyl carbamates (subject to hydrolysis) is 1. The molecule has 0 bridgehead atoms. The number of hydrogen-bond acceptors (Lipinski definition) is 12. The Balaban J connectivity index is 1.44. The standard InChI is InChI=1S/C34H46N4O12S/c1-33(2,3)50-32(43)35-25-9-7-15-48-14-6-8-20-18-34(20,31(42)37-51(44,45)23-11-12-23)36-28(39)26-16-22(19-38(26)29(25)40)49-30(41)24-13-10-21(46-4)17-27(24)47-5/h6,8,10,13,17,20,22-23,25-26H,7,9,11-12,14-16,18-19H2,1-5H3,(H,35,43)(H,36,39)(H,37,42)/b8-6-/t20?,22-,25-,26?,34?/m1/s1.